The van der Waals surface area contributed by atoms with Crippen molar-refractivity contribution < 1.29 is 74.7 Å². The Morgan fingerprint density at radius 3 is 1.73 bits per heavy atom. The topological polar surface area (TPSA) is 248 Å². The average molecular weight is 488 g/mol. The van der Waals surface area contributed by atoms with Gasteiger partial charge in [0.25, 0.3) is 0 Å². The van der Waals surface area contributed by atoms with Gasteiger partial charge >= 0.3 is 0 Å². The van der Waals surface area contributed by atoms with Crippen molar-refractivity contribution in [1.29, 1.82) is 0 Å². The number of rotatable bonds is 7. The minimum absolute atomic E-state index is 0.237. The molecule has 0 aliphatic carbocycles. The van der Waals surface area contributed by atoms with Crippen LogP contribution in [-0.2, 0) is 23.7 Å². The summed E-state index contributed by atoms with van der Waals surface area (Å²) >= 11 is 0. The molecule has 0 aromatic heterocycles. The molecule has 3 aliphatic rings. The Kier molecular flexibility index (Phi) is 9.35. The van der Waals surface area contributed by atoms with Crippen LogP contribution < -0.4 is 0 Å². The molecule has 0 radical (unpaired) electrons. The van der Waals surface area contributed by atoms with Gasteiger partial charge in [0.2, 0.25) is 0 Å². The normalized spacial score (nSPS) is 51.5. The van der Waals surface area contributed by atoms with Gasteiger partial charge in [0.05, 0.1) is 25.9 Å². The zero-order chi connectivity index (χ0) is 24.4. The van der Waals surface area contributed by atoms with Gasteiger partial charge in [-0.25, -0.2) is 0 Å². The first-order chi connectivity index (χ1) is 15.6. The van der Waals surface area contributed by atoms with Crippen LogP contribution >= 0.6 is 0 Å². The van der Waals surface area contributed by atoms with Gasteiger partial charge in [-0.1, -0.05) is 0 Å². The fourth-order valence-corrected chi connectivity index (χ4v) is 4.05. The molecule has 14 unspecified atom stereocenters. The van der Waals surface area contributed by atoms with Crippen LogP contribution in [0.3, 0.4) is 0 Å². The SMILES string of the molecule is OCC1OC(OC2C(CO)OC(OC3C(CO)OC(O)C(O)C3O)C(O)C2O)CC(O)C1O. The van der Waals surface area contributed by atoms with Crippen molar-refractivity contribution in [3.8, 4) is 0 Å². The summed E-state index contributed by atoms with van der Waals surface area (Å²) in [5.41, 5.74) is 0. The number of hydrogen-bond acceptors (Lipinski definition) is 15. The third-order valence-corrected chi connectivity index (χ3v) is 5.98. The monoisotopic (exact) mass is 488 g/mol. The first-order valence-electron chi connectivity index (χ1n) is 10.5. The van der Waals surface area contributed by atoms with Crippen LogP contribution in [0.2, 0.25) is 0 Å². The van der Waals surface area contributed by atoms with Gasteiger partial charge in [-0.05, 0) is 0 Å². The Morgan fingerprint density at radius 2 is 1.12 bits per heavy atom. The summed E-state index contributed by atoms with van der Waals surface area (Å²) in [6.07, 6.45) is -21.4. The predicted octanol–water partition coefficient (Wildman–Crippen LogP) is -6.54. The smallest absolute Gasteiger partial charge is 0.187 e. The summed E-state index contributed by atoms with van der Waals surface area (Å²) in [6, 6.07) is 0. The maximum absolute atomic E-state index is 10.6. The molecule has 0 aromatic carbocycles. The average Bonchev–Trinajstić information content (AvgIpc) is 2.80. The molecule has 3 heterocycles. The van der Waals surface area contributed by atoms with Gasteiger partial charge in [0.15, 0.2) is 18.9 Å². The second-order valence-corrected chi connectivity index (χ2v) is 8.22. The molecule has 0 saturated carbocycles. The highest BCUT2D eigenvalue weighted by molar-refractivity contribution is 4.95. The molecule has 14 atom stereocenters. The predicted molar refractivity (Wildman–Crippen MR) is 99.9 cm³/mol. The standard InChI is InChI=1S/C18H32O15/c19-2-6-10(23)5(22)1-9(29-6)32-15-8(4-21)31-18(14(27)12(15)25)33-16-7(3-20)30-17(28)13(26)11(16)24/h5-28H,1-4H2. The molecule has 3 saturated heterocycles. The van der Waals surface area contributed by atoms with E-state index in [1.165, 1.54) is 0 Å². The van der Waals surface area contributed by atoms with E-state index in [4.69, 9.17) is 23.7 Å². The van der Waals surface area contributed by atoms with Crippen molar-refractivity contribution in [2.24, 2.45) is 0 Å². The lowest BCUT2D eigenvalue weighted by molar-refractivity contribution is -0.370. The highest BCUT2D eigenvalue weighted by Gasteiger charge is 2.52. The van der Waals surface area contributed by atoms with E-state index in [-0.39, 0.29) is 6.42 Å². The molecule has 10 N–H and O–H groups in total. The van der Waals surface area contributed by atoms with Gasteiger partial charge < -0.3 is 74.7 Å². The molecule has 15 nitrogen and oxygen atoms in total. The second kappa shape index (κ2) is 11.4. The quantitative estimate of drug-likeness (QED) is 0.160. The van der Waals surface area contributed by atoms with Crippen molar-refractivity contribution >= 4 is 0 Å². The van der Waals surface area contributed by atoms with E-state index in [1.54, 1.807) is 0 Å². The maximum Gasteiger partial charge on any atom is 0.187 e. The van der Waals surface area contributed by atoms with Crippen LogP contribution in [0.15, 0.2) is 0 Å². The summed E-state index contributed by atoms with van der Waals surface area (Å²) in [4.78, 5) is 0. The lowest BCUT2D eigenvalue weighted by Crippen LogP contribution is -2.65. The number of ether oxygens (including phenoxy) is 5. The van der Waals surface area contributed by atoms with Gasteiger partial charge in [-0.3, -0.25) is 0 Å². The second-order valence-electron chi connectivity index (χ2n) is 8.22. The summed E-state index contributed by atoms with van der Waals surface area (Å²) in [5.74, 6) is 0. The summed E-state index contributed by atoms with van der Waals surface area (Å²) in [7, 11) is 0. The zero-order valence-electron chi connectivity index (χ0n) is 17.4. The first kappa shape index (κ1) is 27.0. The van der Waals surface area contributed by atoms with Crippen LogP contribution in [0.25, 0.3) is 0 Å². The van der Waals surface area contributed by atoms with E-state index < -0.39 is 106 Å². The lowest BCUT2D eigenvalue weighted by Gasteiger charge is -2.47. The van der Waals surface area contributed by atoms with Crippen LogP contribution in [0.4, 0.5) is 0 Å². The van der Waals surface area contributed by atoms with Gasteiger partial charge in [0.1, 0.15) is 61.0 Å². The van der Waals surface area contributed by atoms with Crippen molar-refractivity contribution in [3.63, 3.8) is 0 Å². The lowest BCUT2D eigenvalue weighted by atomic mass is 9.96. The van der Waals surface area contributed by atoms with Crippen molar-refractivity contribution in [2.75, 3.05) is 19.8 Å². The Balaban J connectivity index is 1.68. The zero-order valence-corrected chi connectivity index (χ0v) is 17.4. The van der Waals surface area contributed by atoms with E-state index in [2.05, 4.69) is 0 Å². The summed E-state index contributed by atoms with van der Waals surface area (Å²) < 4.78 is 26.8. The molecule has 0 spiro atoms. The van der Waals surface area contributed by atoms with Gasteiger partial charge in [-0.15, -0.1) is 0 Å². The third kappa shape index (κ3) is 5.64. The highest BCUT2D eigenvalue weighted by atomic mass is 16.7. The van der Waals surface area contributed by atoms with Gasteiger partial charge in [0, 0.05) is 6.42 Å². The third-order valence-electron chi connectivity index (χ3n) is 5.98. The maximum atomic E-state index is 10.6. The fraction of sp³-hybridized carbons (Fsp3) is 1.00. The van der Waals surface area contributed by atoms with E-state index in [9.17, 15) is 51.1 Å². The Bertz CT molecular complexity index is 607. The Hall–Kier alpha value is -0.600. The van der Waals surface area contributed by atoms with Crippen LogP contribution in [-0.4, -0.2) is 157 Å². The molecule has 33 heavy (non-hydrogen) atoms. The largest absolute Gasteiger partial charge is 0.394 e. The molecule has 194 valence electrons. The molecule has 0 amide bonds. The van der Waals surface area contributed by atoms with Crippen molar-refractivity contribution in [2.45, 2.75) is 92.4 Å². The van der Waals surface area contributed by atoms with Crippen LogP contribution in [0.1, 0.15) is 6.42 Å². The molecule has 0 bridgehead atoms. The summed E-state index contributed by atoms with van der Waals surface area (Å²) in [6.45, 7) is -2.09. The van der Waals surface area contributed by atoms with Crippen molar-refractivity contribution in [3.05, 3.63) is 0 Å². The van der Waals surface area contributed by atoms with Crippen LogP contribution in [0.5, 0.6) is 0 Å². The molecular formula is C18H32O15. The molecule has 0 aromatic rings. The molecular weight excluding hydrogens is 456 g/mol. The molecule has 3 fully saturated rings. The number of hydrogen-bond donors (Lipinski definition) is 10. The van der Waals surface area contributed by atoms with E-state index >= 15 is 0 Å². The molecule has 3 rings (SSSR count). The molecule has 15 heteroatoms. The number of aliphatic hydroxyl groups excluding tert-OH is 10. The Labute approximate surface area is 187 Å². The van der Waals surface area contributed by atoms with Crippen molar-refractivity contribution in [1.82, 2.24) is 0 Å². The molecule has 3 aliphatic heterocycles. The van der Waals surface area contributed by atoms with Gasteiger partial charge in [-0.2, -0.15) is 0 Å². The minimum atomic E-state index is -1.82. The van der Waals surface area contributed by atoms with Crippen LogP contribution in [0, 0.1) is 0 Å². The fourth-order valence-electron chi connectivity index (χ4n) is 4.05. The first-order valence-corrected chi connectivity index (χ1v) is 10.5. The summed E-state index contributed by atoms with van der Waals surface area (Å²) in [5, 5.41) is 98.9. The minimum Gasteiger partial charge on any atom is -0.394 e. The highest BCUT2D eigenvalue weighted by Crippen LogP contribution is 2.31. The Morgan fingerprint density at radius 1 is 0.576 bits per heavy atom. The van der Waals surface area contributed by atoms with E-state index in [0.29, 0.717) is 0 Å². The number of aliphatic hydroxyl groups is 10. The van der Waals surface area contributed by atoms with E-state index in [0.717, 1.165) is 0 Å². The van der Waals surface area contributed by atoms with E-state index in [1.807, 2.05) is 0 Å².